The SMILES string of the molecule is CC(C)SCc1c(F)ccc(Br)c1F. The van der Waals surface area contributed by atoms with Crippen molar-refractivity contribution < 1.29 is 8.78 Å². The number of hydrogen-bond acceptors (Lipinski definition) is 1. The van der Waals surface area contributed by atoms with Crippen LogP contribution in [0, 0.1) is 11.6 Å². The third-order valence-electron chi connectivity index (χ3n) is 1.70. The number of benzene rings is 1. The van der Waals surface area contributed by atoms with E-state index in [-0.39, 0.29) is 5.56 Å². The average Bonchev–Trinajstić information content (AvgIpc) is 2.11. The van der Waals surface area contributed by atoms with Crippen molar-refractivity contribution in [3.05, 3.63) is 33.8 Å². The van der Waals surface area contributed by atoms with E-state index in [2.05, 4.69) is 15.9 Å². The number of hydrogen-bond donors (Lipinski definition) is 0. The van der Waals surface area contributed by atoms with Crippen molar-refractivity contribution >= 4 is 27.7 Å². The largest absolute Gasteiger partial charge is 0.207 e. The molecule has 14 heavy (non-hydrogen) atoms. The van der Waals surface area contributed by atoms with Gasteiger partial charge in [-0.2, -0.15) is 11.8 Å². The van der Waals surface area contributed by atoms with Gasteiger partial charge in [0.15, 0.2) is 0 Å². The van der Waals surface area contributed by atoms with E-state index >= 15 is 0 Å². The summed E-state index contributed by atoms with van der Waals surface area (Å²) in [6, 6.07) is 2.66. The molecule has 1 aromatic rings. The summed E-state index contributed by atoms with van der Waals surface area (Å²) in [6.07, 6.45) is 0. The fourth-order valence-corrected chi connectivity index (χ4v) is 2.09. The highest BCUT2D eigenvalue weighted by molar-refractivity contribution is 9.10. The van der Waals surface area contributed by atoms with E-state index in [1.54, 1.807) is 0 Å². The molecule has 0 bridgehead atoms. The van der Waals surface area contributed by atoms with Gasteiger partial charge in [-0.1, -0.05) is 13.8 Å². The molecular formula is C10H11BrF2S. The number of halogens is 3. The second kappa shape index (κ2) is 5.12. The summed E-state index contributed by atoms with van der Waals surface area (Å²) in [6.45, 7) is 4.00. The van der Waals surface area contributed by atoms with Gasteiger partial charge in [-0.05, 0) is 33.3 Å². The molecule has 0 atom stereocenters. The molecular weight excluding hydrogens is 270 g/mol. The quantitative estimate of drug-likeness (QED) is 0.741. The molecule has 0 fully saturated rings. The topological polar surface area (TPSA) is 0 Å². The minimum absolute atomic E-state index is 0.151. The van der Waals surface area contributed by atoms with Crippen LogP contribution in [0.3, 0.4) is 0 Å². The standard InChI is InChI=1S/C10H11BrF2S/c1-6(2)14-5-7-9(12)4-3-8(11)10(7)13/h3-4,6H,5H2,1-2H3. The maximum atomic E-state index is 13.4. The van der Waals surface area contributed by atoms with Gasteiger partial charge in [0.05, 0.1) is 4.47 Å². The monoisotopic (exact) mass is 280 g/mol. The molecule has 0 aromatic heterocycles. The molecule has 0 radical (unpaired) electrons. The van der Waals surface area contributed by atoms with Gasteiger partial charge in [0.1, 0.15) is 11.6 Å². The van der Waals surface area contributed by atoms with Crippen LogP contribution in [0.4, 0.5) is 8.78 Å². The first kappa shape index (κ1) is 12.0. The summed E-state index contributed by atoms with van der Waals surface area (Å²) in [5.41, 5.74) is 0.151. The lowest BCUT2D eigenvalue weighted by molar-refractivity contribution is 0.562. The van der Waals surface area contributed by atoms with Crippen LogP contribution in [-0.4, -0.2) is 5.25 Å². The van der Waals surface area contributed by atoms with Gasteiger partial charge < -0.3 is 0 Å². The minimum atomic E-state index is -0.488. The first-order chi connectivity index (χ1) is 6.52. The van der Waals surface area contributed by atoms with Crippen LogP contribution in [0.25, 0.3) is 0 Å². The Kier molecular flexibility index (Phi) is 4.38. The summed E-state index contributed by atoms with van der Waals surface area (Å²) >= 11 is 4.56. The highest BCUT2D eigenvalue weighted by Crippen LogP contribution is 2.26. The van der Waals surface area contributed by atoms with Crippen LogP contribution in [0.15, 0.2) is 16.6 Å². The van der Waals surface area contributed by atoms with Crippen molar-refractivity contribution in [1.82, 2.24) is 0 Å². The number of thioether (sulfide) groups is 1. The molecule has 0 N–H and O–H groups in total. The Morgan fingerprint density at radius 2 is 2.00 bits per heavy atom. The Labute approximate surface area is 95.2 Å². The predicted molar refractivity (Wildman–Crippen MR) is 60.5 cm³/mol. The van der Waals surface area contributed by atoms with E-state index in [1.807, 2.05) is 13.8 Å². The van der Waals surface area contributed by atoms with Crippen molar-refractivity contribution in [2.45, 2.75) is 24.9 Å². The van der Waals surface area contributed by atoms with Crippen LogP contribution < -0.4 is 0 Å². The van der Waals surface area contributed by atoms with E-state index in [0.29, 0.717) is 15.5 Å². The zero-order chi connectivity index (χ0) is 10.7. The maximum Gasteiger partial charge on any atom is 0.144 e. The Morgan fingerprint density at radius 3 is 2.57 bits per heavy atom. The molecule has 0 aliphatic rings. The average molecular weight is 281 g/mol. The van der Waals surface area contributed by atoms with Crippen molar-refractivity contribution in [2.75, 3.05) is 0 Å². The van der Waals surface area contributed by atoms with E-state index in [1.165, 1.54) is 23.9 Å². The highest BCUT2D eigenvalue weighted by Gasteiger charge is 2.12. The Morgan fingerprint density at radius 1 is 1.36 bits per heavy atom. The zero-order valence-electron chi connectivity index (χ0n) is 7.98. The summed E-state index contributed by atoms with van der Waals surface area (Å²) in [4.78, 5) is 0. The Hall–Kier alpha value is -0.0900. The molecule has 4 heteroatoms. The lowest BCUT2D eigenvalue weighted by Crippen LogP contribution is -1.97. The highest BCUT2D eigenvalue weighted by atomic mass is 79.9. The summed E-state index contributed by atoms with van der Waals surface area (Å²) in [5.74, 6) is -0.591. The molecule has 0 heterocycles. The van der Waals surface area contributed by atoms with Gasteiger partial charge in [0.2, 0.25) is 0 Å². The van der Waals surface area contributed by atoms with Crippen LogP contribution in [0.5, 0.6) is 0 Å². The van der Waals surface area contributed by atoms with Gasteiger partial charge >= 0.3 is 0 Å². The molecule has 1 rings (SSSR count). The van der Waals surface area contributed by atoms with Crippen molar-refractivity contribution in [1.29, 1.82) is 0 Å². The van der Waals surface area contributed by atoms with E-state index in [4.69, 9.17) is 0 Å². The zero-order valence-corrected chi connectivity index (χ0v) is 10.4. The summed E-state index contributed by atoms with van der Waals surface area (Å²) in [7, 11) is 0. The predicted octanol–water partition coefficient (Wildman–Crippen LogP) is 4.37. The third-order valence-corrected chi connectivity index (χ3v) is 3.43. The molecule has 0 amide bonds. The third kappa shape index (κ3) is 2.95. The summed E-state index contributed by atoms with van der Waals surface area (Å²) < 4.78 is 26.9. The second-order valence-electron chi connectivity index (χ2n) is 3.18. The minimum Gasteiger partial charge on any atom is -0.207 e. The van der Waals surface area contributed by atoms with Gasteiger partial charge in [0, 0.05) is 11.3 Å². The molecule has 0 spiro atoms. The van der Waals surface area contributed by atoms with E-state index in [0.717, 1.165) is 0 Å². The van der Waals surface area contributed by atoms with Crippen LogP contribution in [0.2, 0.25) is 0 Å². The second-order valence-corrected chi connectivity index (χ2v) is 5.60. The molecule has 0 aliphatic carbocycles. The van der Waals surface area contributed by atoms with E-state index in [9.17, 15) is 8.78 Å². The van der Waals surface area contributed by atoms with Gasteiger partial charge in [-0.25, -0.2) is 8.78 Å². The van der Waals surface area contributed by atoms with Gasteiger partial charge in [0.25, 0.3) is 0 Å². The number of rotatable bonds is 3. The van der Waals surface area contributed by atoms with Crippen LogP contribution in [0.1, 0.15) is 19.4 Å². The van der Waals surface area contributed by atoms with E-state index < -0.39 is 11.6 Å². The lowest BCUT2D eigenvalue weighted by Gasteiger charge is -2.08. The van der Waals surface area contributed by atoms with Crippen LogP contribution >= 0.6 is 27.7 Å². The Bertz CT molecular complexity index is 326. The van der Waals surface area contributed by atoms with Crippen LogP contribution in [-0.2, 0) is 5.75 Å². The van der Waals surface area contributed by atoms with Gasteiger partial charge in [-0.3, -0.25) is 0 Å². The smallest absolute Gasteiger partial charge is 0.144 e. The molecule has 78 valence electrons. The van der Waals surface area contributed by atoms with Gasteiger partial charge in [-0.15, -0.1) is 0 Å². The van der Waals surface area contributed by atoms with Crippen molar-refractivity contribution in [3.63, 3.8) is 0 Å². The summed E-state index contributed by atoms with van der Waals surface area (Å²) in [5, 5.41) is 0.368. The Balaban J connectivity index is 2.89. The molecule has 0 aliphatic heterocycles. The fraction of sp³-hybridized carbons (Fsp3) is 0.400. The fourth-order valence-electron chi connectivity index (χ4n) is 0.951. The first-order valence-electron chi connectivity index (χ1n) is 4.26. The molecule has 1 aromatic carbocycles. The molecule has 0 saturated heterocycles. The molecule has 0 unspecified atom stereocenters. The lowest BCUT2D eigenvalue weighted by atomic mass is 10.2. The molecule has 0 nitrogen and oxygen atoms in total. The van der Waals surface area contributed by atoms with Crippen molar-refractivity contribution in [2.24, 2.45) is 0 Å². The maximum absolute atomic E-state index is 13.4. The molecule has 0 saturated carbocycles. The first-order valence-corrected chi connectivity index (χ1v) is 6.10. The van der Waals surface area contributed by atoms with Crippen molar-refractivity contribution in [3.8, 4) is 0 Å². The normalized spacial score (nSPS) is 11.0.